The molecule has 0 aliphatic carbocycles. The van der Waals surface area contributed by atoms with E-state index in [2.05, 4.69) is 0 Å². The number of rotatable bonds is 2. The van der Waals surface area contributed by atoms with Gasteiger partial charge in [-0.05, 0) is 54.7 Å². The second-order valence-electron chi connectivity index (χ2n) is 6.55. The second-order valence-corrected chi connectivity index (χ2v) is 6.55. The van der Waals surface area contributed by atoms with Crippen molar-refractivity contribution in [1.82, 2.24) is 0 Å². The van der Waals surface area contributed by atoms with Gasteiger partial charge in [0, 0.05) is 13.1 Å². The van der Waals surface area contributed by atoms with Gasteiger partial charge in [0.25, 0.3) is 0 Å². The van der Waals surface area contributed by atoms with Gasteiger partial charge >= 0.3 is 12.4 Å². The van der Waals surface area contributed by atoms with Crippen LogP contribution in [0.25, 0.3) is 0 Å². The Kier molecular flexibility index (Phi) is 5.10. The smallest absolute Gasteiger partial charge is 0.369 e. The van der Waals surface area contributed by atoms with Gasteiger partial charge in [0.2, 0.25) is 0 Å². The molecule has 27 heavy (non-hydrogen) atoms. The Bertz CT molecular complexity index is 785. The fraction of sp³-hybridized carbons (Fsp3) is 0.368. The lowest BCUT2D eigenvalue weighted by Gasteiger charge is -2.34. The molecule has 0 radical (unpaired) electrons. The zero-order valence-electron chi connectivity index (χ0n) is 14.0. The van der Waals surface area contributed by atoms with Gasteiger partial charge in [-0.1, -0.05) is 12.1 Å². The number of hydrogen-bond donors (Lipinski definition) is 0. The first-order valence-corrected chi connectivity index (χ1v) is 8.34. The fourth-order valence-corrected chi connectivity index (χ4v) is 3.34. The van der Waals surface area contributed by atoms with Gasteiger partial charge in [-0.3, -0.25) is 0 Å². The Balaban J connectivity index is 1.67. The van der Waals surface area contributed by atoms with E-state index in [4.69, 9.17) is 0 Å². The lowest BCUT2D eigenvalue weighted by molar-refractivity contribution is -0.138. The second kappa shape index (κ2) is 7.05. The van der Waals surface area contributed by atoms with Crippen LogP contribution in [0.5, 0.6) is 0 Å². The highest BCUT2D eigenvalue weighted by atomic mass is 19.4. The molecular weight excluding hydrogens is 375 g/mol. The van der Waals surface area contributed by atoms with Crippen molar-refractivity contribution in [2.24, 2.45) is 0 Å². The minimum Gasteiger partial charge on any atom is -0.369 e. The lowest BCUT2D eigenvalue weighted by Crippen LogP contribution is -2.33. The molecule has 1 nitrogen and oxygen atoms in total. The average Bonchev–Trinajstić information content (AvgIpc) is 2.60. The Morgan fingerprint density at radius 3 is 1.74 bits per heavy atom. The predicted octanol–water partition coefficient (Wildman–Crippen LogP) is 6.25. The van der Waals surface area contributed by atoms with Crippen molar-refractivity contribution < 1.29 is 30.7 Å². The van der Waals surface area contributed by atoms with Crippen LogP contribution < -0.4 is 4.90 Å². The summed E-state index contributed by atoms with van der Waals surface area (Å²) in [4.78, 5) is 1.66. The van der Waals surface area contributed by atoms with Gasteiger partial charge < -0.3 is 4.90 Å². The number of hydrogen-bond acceptors (Lipinski definition) is 1. The fourth-order valence-electron chi connectivity index (χ4n) is 3.34. The van der Waals surface area contributed by atoms with Crippen LogP contribution in [0.3, 0.4) is 0 Å². The van der Waals surface area contributed by atoms with Crippen molar-refractivity contribution in [1.29, 1.82) is 0 Å². The molecule has 1 aliphatic rings. The van der Waals surface area contributed by atoms with Crippen molar-refractivity contribution >= 4 is 5.69 Å². The predicted molar refractivity (Wildman–Crippen MR) is 87.0 cm³/mol. The van der Waals surface area contributed by atoms with Gasteiger partial charge in [-0.15, -0.1) is 0 Å². The van der Waals surface area contributed by atoms with Crippen molar-refractivity contribution in [2.75, 3.05) is 18.0 Å². The summed E-state index contributed by atoms with van der Waals surface area (Å²) in [6.07, 6.45) is -7.84. The van der Waals surface area contributed by atoms with Crippen molar-refractivity contribution in [3.8, 4) is 0 Å². The summed E-state index contributed by atoms with van der Waals surface area (Å²) in [6.45, 7) is 0.821. The lowest BCUT2D eigenvalue weighted by atomic mass is 9.88. The normalized spacial score (nSPS) is 16.6. The summed E-state index contributed by atoms with van der Waals surface area (Å²) >= 11 is 0. The molecule has 0 amide bonds. The summed E-state index contributed by atoms with van der Waals surface area (Å²) in [5.41, 5.74) is -0.872. The Morgan fingerprint density at radius 2 is 1.26 bits per heavy atom. The minimum atomic E-state index is -4.60. The summed E-state index contributed by atoms with van der Waals surface area (Å²) in [5.74, 6) is -0.904. The number of benzene rings is 2. The number of nitrogens with zero attached hydrogens (tertiary/aromatic N) is 1. The monoisotopic (exact) mass is 391 g/mol. The number of halogens is 7. The molecule has 1 saturated heterocycles. The molecule has 2 aromatic rings. The maximum atomic E-state index is 14.1. The van der Waals surface area contributed by atoms with E-state index < -0.39 is 29.3 Å². The number of alkyl halides is 6. The van der Waals surface area contributed by atoms with Gasteiger partial charge in [0.1, 0.15) is 5.82 Å². The van der Waals surface area contributed by atoms with E-state index >= 15 is 0 Å². The quantitative estimate of drug-likeness (QED) is 0.547. The van der Waals surface area contributed by atoms with E-state index in [9.17, 15) is 30.7 Å². The van der Waals surface area contributed by atoms with E-state index in [1.165, 1.54) is 12.1 Å². The average molecular weight is 391 g/mol. The van der Waals surface area contributed by atoms with E-state index in [0.717, 1.165) is 29.8 Å². The molecule has 0 unspecified atom stereocenters. The largest absolute Gasteiger partial charge is 0.416 e. The first-order chi connectivity index (χ1) is 12.6. The van der Waals surface area contributed by atoms with E-state index in [1.54, 1.807) is 4.90 Å². The Labute approximate surface area is 151 Å². The third-order valence-corrected chi connectivity index (χ3v) is 4.82. The molecule has 0 atom stereocenters. The third kappa shape index (κ3) is 4.36. The molecule has 0 aromatic heterocycles. The highest BCUT2D eigenvalue weighted by Gasteiger charge is 2.33. The van der Waals surface area contributed by atoms with Crippen LogP contribution in [-0.4, -0.2) is 13.1 Å². The zero-order valence-corrected chi connectivity index (χ0v) is 14.0. The first-order valence-electron chi connectivity index (χ1n) is 8.34. The molecule has 1 heterocycles. The minimum absolute atomic E-state index is 0.0287. The van der Waals surface area contributed by atoms with Crippen LogP contribution in [0, 0.1) is 5.82 Å². The van der Waals surface area contributed by atoms with E-state index in [-0.39, 0.29) is 11.6 Å². The summed E-state index contributed by atoms with van der Waals surface area (Å²) in [5, 5.41) is 0. The molecule has 8 heteroatoms. The van der Waals surface area contributed by atoms with Gasteiger partial charge in [0.15, 0.2) is 0 Å². The molecule has 3 rings (SSSR count). The van der Waals surface area contributed by atoms with Crippen LogP contribution in [0.15, 0.2) is 42.5 Å². The highest BCUT2D eigenvalue weighted by Crippen LogP contribution is 2.36. The van der Waals surface area contributed by atoms with Crippen molar-refractivity contribution in [2.45, 2.75) is 31.1 Å². The van der Waals surface area contributed by atoms with Crippen LogP contribution in [-0.2, 0) is 12.4 Å². The maximum Gasteiger partial charge on any atom is 0.416 e. The van der Waals surface area contributed by atoms with E-state index in [1.807, 2.05) is 0 Å². The zero-order chi connectivity index (χ0) is 19.8. The molecule has 1 aliphatic heterocycles. The van der Waals surface area contributed by atoms with E-state index in [0.29, 0.717) is 32.0 Å². The van der Waals surface area contributed by atoms with Crippen LogP contribution >= 0.6 is 0 Å². The van der Waals surface area contributed by atoms with Crippen LogP contribution in [0.1, 0.15) is 35.4 Å². The van der Waals surface area contributed by atoms with Gasteiger partial charge in [-0.2, -0.15) is 26.3 Å². The summed E-state index contributed by atoms with van der Waals surface area (Å²) in [6, 6.07) is 7.42. The molecule has 0 spiro atoms. The number of anilines is 1. The standard InChI is InChI=1S/C19H16F7N/c20-16-11-15(19(24,25)26)5-6-17(16)27-9-7-13(8-10-27)12-1-3-14(4-2-12)18(21,22)23/h1-6,11,13H,7-10H2. The third-order valence-electron chi connectivity index (χ3n) is 4.82. The number of piperidine rings is 1. The topological polar surface area (TPSA) is 3.24 Å². The van der Waals surface area contributed by atoms with Crippen LogP contribution in [0.2, 0.25) is 0 Å². The van der Waals surface area contributed by atoms with Gasteiger partial charge in [0.05, 0.1) is 16.8 Å². The molecular formula is C19H16F7N. The Hall–Kier alpha value is -2.25. The SMILES string of the molecule is Fc1cc(C(F)(F)F)ccc1N1CCC(c2ccc(C(F)(F)F)cc2)CC1. The molecule has 2 aromatic carbocycles. The highest BCUT2D eigenvalue weighted by molar-refractivity contribution is 5.50. The van der Waals surface area contributed by atoms with Gasteiger partial charge in [-0.25, -0.2) is 4.39 Å². The Morgan fingerprint density at radius 1 is 0.741 bits per heavy atom. The van der Waals surface area contributed by atoms with Crippen molar-refractivity contribution in [3.05, 3.63) is 65.0 Å². The van der Waals surface area contributed by atoms with Crippen LogP contribution in [0.4, 0.5) is 36.4 Å². The first kappa shape index (κ1) is 19.5. The molecule has 1 fully saturated rings. The molecule has 0 bridgehead atoms. The molecule has 146 valence electrons. The summed E-state index contributed by atoms with van der Waals surface area (Å²) in [7, 11) is 0. The molecule has 0 N–H and O–H groups in total. The maximum absolute atomic E-state index is 14.1. The summed E-state index contributed by atoms with van der Waals surface area (Å²) < 4.78 is 89.9. The molecule has 0 saturated carbocycles. The van der Waals surface area contributed by atoms with Crippen molar-refractivity contribution in [3.63, 3.8) is 0 Å².